The number of halogens is 2. The summed E-state index contributed by atoms with van der Waals surface area (Å²) in [5.74, 6) is 0.283. The molecular formula is C12H16BrIN2O. The molecule has 0 heterocycles. The van der Waals surface area contributed by atoms with E-state index in [1.807, 2.05) is 18.2 Å². The maximum absolute atomic E-state index is 11.8. The third-order valence-electron chi connectivity index (χ3n) is 2.25. The molecule has 3 N–H and O–H groups in total. The van der Waals surface area contributed by atoms with Gasteiger partial charge in [0.2, 0.25) is 5.91 Å². The zero-order valence-electron chi connectivity index (χ0n) is 9.84. The molecule has 0 saturated heterocycles. The van der Waals surface area contributed by atoms with Gasteiger partial charge in [-0.25, -0.2) is 0 Å². The Morgan fingerprint density at radius 1 is 1.53 bits per heavy atom. The molecule has 1 amide bonds. The van der Waals surface area contributed by atoms with Crippen LogP contribution in [-0.2, 0) is 4.79 Å². The smallest absolute Gasteiger partial charge is 0.241 e. The highest BCUT2D eigenvalue weighted by atomic mass is 127. The molecule has 1 aromatic carbocycles. The number of anilines is 1. The molecule has 1 aromatic rings. The Bertz CT molecular complexity index is 409. The molecule has 0 saturated carbocycles. The fourth-order valence-electron chi connectivity index (χ4n) is 1.42. The van der Waals surface area contributed by atoms with E-state index in [9.17, 15) is 4.79 Å². The fourth-order valence-corrected chi connectivity index (χ4v) is 2.14. The summed E-state index contributed by atoms with van der Waals surface area (Å²) >= 11 is 5.64. The van der Waals surface area contributed by atoms with Crippen molar-refractivity contribution in [3.63, 3.8) is 0 Å². The van der Waals surface area contributed by atoms with E-state index in [0.717, 1.165) is 13.7 Å². The molecule has 94 valence electrons. The molecular weight excluding hydrogens is 395 g/mol. The molecule has 0 aliphatic heterocycles. The molecule has 1 rings (SSSR count). The van der Waals surface area contributed by atoms with Crippen LogP contribution in [0, 0.1) is 9.49 Å². The number of benzene rings is 1. The van der Waals surface area contributed by atoms with E-state index in [1.165, 1.54) is 0 Å². The van der Waals surface area contributed by atoms with Gasteiger partial charge < -0.3 is 11.1 Å². The van der Waals surface area contributed by atoms with Crippen LogP contribution in [0.5, 0.6) is 0 Å². The minimum atomic E-state index is -0.451. The highest BCUT2D eigenvalue weighted by Gasteiger charge is 2.15. The van der Waals surface area contributed by atoms with Gasteiger partial charge in [0.1, 0.15) is 0 Å². The summed E-state index contributed by atoms with van der Waals surface area (Å²) in [7, 11) is 0. The Morgan fingerprint density at radius 2 is 2.18 bits per heavy atom. The summed E-state index contributed by atoms with van der Waals surface area (Å²) in [5.41, 5.74) is 6.57. The van der Waals surface area contributed by atoms with Gasteiger partial charge in [-0.1, -0.05) is 13.8 Å². The maximum atomic E-state index is 11.8. The molecule has 0 radical (unpaired) electrons. The molecule has 0 aromatic heterocycles. The third kappa shape index (κ3) is 4.93. The first-order valence-electron chi connectivity index (χ1n) is 5.41. The van der Waals surface area contributed by atoms with Crippen molar-refractivity contribution in [1.82, 2.24) is 0 Å². The molecule has 1 unspecified atom stereocenters. The molecule has 3 nitrogen and oxygen atoms in total. The summed E-state index contributed by atoms with van der Waals surface area (Å²) in [6, 6.07) is 5.23. The standard InChI is InChI=1S/C12H16BrIN2O/c1-7(2)5-11(15)12(17)16-8-3-4-10(14)9(13)6-8/h3-4,6-7,11H,5,15H2,1-2H3,(H,16,17). The van der Waals surface area contributed by atoms with Crippen LogP contribution < -0.4 is 11.1 Å². The van der Waals surface area contributed by atoms with E-state index in [0.29, 0.717) is 12.3 Å². The summed E-state index contributed by atoms with van der Waals surface area (Å²) in [4.78, 5) is 11.8. The molecule has 1 atom stereocenters. The molecule has 0 fully saturated rings. The van der Waals surface area contributed by atoms with Crippen molar-refractivity contribution < 1.29 is 4.79 Å². The Kier molecular flexibility index (Phi) is 5.88. The first-order valence-corrected chi connectivity index (χ1v) is 7.29. The molecule has 5 heteroatoms. The van der Waals surface area contributed by atoms with Crippen molar-refractivity contribution in [1.29, 1.82) is 0 Å². The van der Waals surface area contributed by atoms with Crippen LogP contribution in [-0.4, -0.2) is 11.9 Å². The molecule has 0 aliphatic carbocycles. The van der Waals surface area contributed by atoms with E-state index >= 15 is 0 Å². The van der Waals surface area contributed by atoms with Gasteiger partial charge in [0.05, 0.1) is 6.04 Å². The first kappa shape index (κ1) is 14.9. The lowest BCUT2D eigenvalue weighted by Crippen LogP contribution is -2.36. The lowest BCUT2D eigenvalue weighted by atomic mass is 10.0. The number of nitrogens with one attached hydrogen (secondary N) is 1. The predicted octanol–water partition coefficient (Wildman–Crippen LogP) is 3.37. The monoisotopic (exact) mass is 410 g/mol. The molecule has 0 aliphatic rings. The number of hydrogen-bond donors (Lipinski definition) is 2. The largest absolute Gasteiger partial charge is 0.325 e. The van der Waals surface area contributed by atoms with E-state index < -0.39 is 6.04 Å². The number of rotatable bonds is 4. The Morgan fingerprint density at radius 3 is 2.71 bits per heavy atom. The van der Waals surface area contributed by atoms with Crippen molar-refractivity contribution in [2.24, 2.45) is 11.7 Å². The van der Waals surface area contributed by atoms with Crippen LogP contribution in [0.4, 0.5) is 5.69 Å². The van der Waals surface area contributed by atoms with E-state index in [1.54, 1.807) is 0 Å². The number of carbonyl (C=O) groups is 1. The van der Waals surface area contributed by atoms with Crippen molar-refractivity contribution in [3.8, 4) is 0 Å². The number of nitrogens with two attached hydrogens (primary N) is 1. The maximum Gasteiger partial charge on any atom is 0.241 e. The summed E-state index contributed by atoms with van der Waals surface area (Å²) in [6.45, 7) is 4.10. The van der Waals surface area contributed by atoms with Crippen LogP contribution in [0.25, 0.3) is 0 Å². The predicted molar refractivity (Wildman–Crippen MR) is 82.9 cm³/mol. The Hall–Kier alpha value is -0.140. The van der Waals surface area contributed by atoms with Gasteiger partial charge in [-0.3, -0.25) is 4.79 Å². The van der Waals surface area contributed by atoms with Gasteiger partial charge in [-0.2, -0.15) is 0 Å². The lowest BCUT2D eigenvalue weighted by molar-refractivity contribution is -0.117. The van der Waals surface area contributed by atoms with Crippen LogP contribution in [0.15, 0.2) is 22.7 Å². The summed E-state index contributed by atoms with van der Waals surface area (Å²) in [6.07, 6.45) is 0.692. The van der Waals surface area contributed by atoms with E-state index in [2.05, 4.69) is 57.7 Å². The first-order chi connectivity index (χ1) is 7.90. The van der Waals surface area contributed by atoms with Gasteiger partial charge in [0.15, 0.2) is 0 Å². The zero-order valence-corrected chi connectivity index (χ0v) is 13.6. The number of carbonyl (C=O) groups excluding carboxylic acids is 1. The highest BCUT2D eigenvalue weighted by molar-refractivity contribution is 14.1. The second-order valence-corrected chi connectivity index (χ2v) is 6.37. The summed E-state index contributed by atoms with van der Waals surface area (Å²) < 4.78 is 2.07. The van der Waals surface area contributed by atoms with Crippen molar-refractivity contribution in [2.45, 2.75) is 26.3 Å². The van der Waals surface area contributed by atoms with Gasteiger partial charge in [0.25, 0.3) is 0 Å². The van der Waals surface area contributed by atoms with Gasteiger partial charge in [0, 0.05) is 13.7 Å². The Balaban J connectivity index is 2.64. The van der Waals surface area contributed by atoms with Crippen LogP contribution in [0.1, 0.15) is 20.3 Å². The minimum Gasteiger partial charge on any atom is -0.325 e. The molecule has 0 bridgehead atoms. The molecule has 17 heavy (non-hydrogen) atoms. The van der Waals surface area contributed by atoms with E-state index in [4.69, 9.17) is 5.73 Å². The Labute approximate surface area is 124 Å². The molecule has 0 spiro atoms. The highest BCUT2D eigenvalue weighted by Crippen LogP contribution is 2.23. The average Bonchev–Trinajstić information content (AvgIpc) is 2.22. The quantitative estimate of drug-likeness (QED) is 0.747. The normalized spacial score (nSPS) is 12.6. The average molecular weight is 411 g/mol. The van der Waals surface area contributed by atoms with Gasteiger partial charge in [-0.05, 0) is 69.1 Å². The number of amides is 1. The van der Waals surface area contributed by atoms with Crippen molar-refractivity contribution >= 4 is 50.1 Å². The number of hydrogen-bond acceptors (Lipinski definition) is 2. The second kappa shape index (κ2) is 6.70. The topological polar surface area (TPSA) is 55.1 Å². The zero-order chi connectivity index (χ0) is 13.0. The minimum absolute atomic E-state index is 0.133. The van der Waals surface area contributed by atoms with E-state index in [-0.39, 0.29) is 5.91 Å². The van der Waals surface area contributed by atoms with Crippen molar-refractivity contribution in [2.75, 3.05) is 5.32 Å². The SMILES string of the molecule is CC(C)CC(N)C(=O)Nc1ccc(I)c(Br)c1. The van der Waals surface area contributed by atoms with Crippen molar-refractivity contribution in [3.05, 3.63) is 26.2 Å². The van der Waals surface area contributed by atoms with Crippen LogP contribution in [0.2, 0.25) is 0 Å². The summed E-state index contributed by atoms with van der Waals surface area (Å²) in [5, 5.41) is 2.82. The van der Waals surface area contributed by atoms with Gasteiger partial charge >= 0.3 is 0 Å². The fraction of sp³-hybridized carbons (Fsp3) is 0.417. The van der Waals surface area contributed by atoms with Crippen LogP contribution >= 0.6 is 38.5 Å². The lowest BCUT2D eigenvalue weighted by Gasteiger charge is -2.14. The van der Waals surface area contributed by atoms with Gasteiger partial charge in [-0.15, -0.1) is 0 Å². The van der Waals surface area contributed by atoms with Crippen LogP contribution in [0.3, 0.4) is 0 Å². The second-order valence-electron chi connectivity index (χ2n) is 4.35. The third-order valence-corrected chi connectivity index (χ3v) is 4.59.